The van der Waals surface area contributed by atoms with Crippen LogP contribution in [0.1, 0.15) is 27.2 Å². The Morgan fingerprint density at radius 3 is 1.96 bits per heavy atom. The maximum absolute atomic E-state index is 12.3. The minimum absolute atomic E-state index is 0.0338. The maximum atomic E-state index is 12.3. The highest BCUT2D eigenvalue weighted by molar-refractivity contribution is 6.35. The van der Waals surface area contributed by atoms with Crippen molar-refractivity contribution in [2.45, 2.75) is 32.7 Å². The summed E-state index contributed by atoms with van der Waals surface area (Å²) in [6.07, 6.45) is 0.916. The molecule has 1 saturated heterocycles. The molecule has 0 aromatic heterocycles. The zero-order valence-corrected chi connectivity index (χ0v) is 17.7. The van der Waals surface area contributed by atoms with E-state index in [2.05, 4.69) is 20.4 Å². The highest BCUT2D eigenvalue weighted by Crippen LogP contribution is 2.22. The van der Waals surface area contributed by atoms with Crippen molar-refractivity contribution in [3.05, 3.63) is 28.2 Å². The average Bonchev–Trinajstić information content (AvgIpc) is 2.69. The van der Waals surface area contributed by atoms with E-state index < -0.39 is 0 Å². The third-order valence-electron chi connectivity index (χ3n) is 4.08. The quantitative estimate of drug-likeness (QED) is 0.777. The Morgan fingerprint density at radius 1 is 0.926 bits per heavy atom. The lowest BCUT2D eigenvalue weighted by atomic mass is 10.1. The molecule has 0 saturated carbocycles. The third kappa shape index (κ3) is 8.47. The predicted octanol–water partition coefficient (Wildman–Crippen LogP) is 2.85. The van der Waals surface area contributed by atoms with Crippen molar-refractivity contribution in [2.75, 3.05) is 44.6 Å². The summed E-state index contributed by atoms with van der Waals surface area (Å²) >= 11 is 11.9. The lowest BCUT2D eigenvalue weighted by Gasteiger charge is -2.25. The van der Waals surface area contributed by atoms with Gasteiger partial charge in [-0.2, -0.15) is 0 Å². The molecule has 6 nitrogen and oxygen atoms in total. The van der Waals surface area contributed by atoms with E-state index in [1.165, 1.54) is 0 Å². The molecule has 0 bridgehead atoms. The van der Waals surface area contributed by atoms with Gasteiger partial charge in [-0.05, 0) is 58.5 Å². The first kappa shape index (κ1) is 22.0. The standard InChI is InChI=1S/C19H28Cl2N4O2/c1-19(2,3)23-18(27)13-25-6-4-5-24(7-8-25)12-17(26)22-16-10-14(20)9-15(21)11-16/h9-11H,4-8,12-13H2,1-3H3,(H,22,26)(H,23,27). The van der Waals surface area contributed by atoms with Gasteiger partial charge in [0.25, 0.3) is 0 Å². The lowest BCUT2D eigenvalue weighted by molar-refractivity contribution is -0.123. The molecule has 1 fully saturated rings. The van der Waals surface area contributed by atoms with E-state index in [1.54, 1.807) is 18.2 Å². The summed E-state index contributed by atoms with van der Waals surface area (Å²) in [5, 5.41) is 6.79. The number of amides is 2. The van der Waals surface area contributed by atoms with Gasteiger partial charge < -0.3 is 10.6 Å². The third-order valence-corrected chi connectivity index (χ3v) is 4.51. The van der Waals surface area contributed by atoms with Gasteiger partial charge in [0.2, 0.25) is 11.8 Å². The van der Waals surface area contributed by atoms with E-state index in [0.717, 1.165) is 32.6 Å². The second-order valence-electron chi connectivity index (χ2n) is 7.91. The average molecular weight is 415 g/mol. The first-order valence-corrected chi connectivity index (χ1v) is 9.88. The molecular formula is C19H28Cl2N4O2. The van der Waals surface area contributed by atoms with E-state index in [9.17, 15) is 9.59 Å². The zero-order chi connectivity index (χ0) is 20.0. The minimum atomic E-state index is -0.226. The van der Waals surface area contributed by atoms with Crippen LogP contribution in [0.2, 0.25) is 10.0 Å². The molecule has 0 unspecified atom stereocenters. The topological polar surface area (TPSA) is 64.7 Å². The van der Waals surface area contributed by atoms with Gasteiger partial charge in [0.1, 0.15) is 0 Å². The van der Waals surface area contributed by atoms with E-state index in [-0.39, 0.29) is 17.4 Å². The first-order chi connectivity index (χ1) is 12.6. The Kier molecular flexibility index (Phi) is 7.91. The van der Waals surface area contributed by atoms with Crippen LogP contribution in [0.3, 0.4) is 0 Å². The Morgan fingerprint density at radius 2 is 1.44 bits per heavy atom. The number of carbonyl (C=O) groups is 2. The fourth-order valence-corrected chi connectivity index (χ4v) is 3.56. The molecule has 1 aliphatic heterocycles. The molecule has 0 spiro atoms. The van der Waals surface area contributed by atoms with Crippen molar-refractivity contribution < 1.29 is 9.59 Å². The minimum Gasteiger partial charge on any atom is -0.350 e. The van der Waals surface area contributed by atoms with Crippen LogP contribution in [0.4, 0.5) is 5.69 Å². The van der Waals surface area contributed by atoms with Gasteiger partial charge in [0.05, 0.1) is 13.1 Å². The smallest absolute Gasteiger partial charge is 0.238 e. The highest BCUT2D eigenvalue weighted by atomic mass is 35.5. The molecule has 1 aromatic carbocycles. The molecule has 1 aromatic rings. The molecule has 1 aliphatic rings. The van der Waals surface area contributed by atoms with Crippen molar-refractivity contribution in [1.29, 1.82) is 0 Å². The number of nitrogens with zero attached hydrogens (tertiary/aromatic N) is 2. The van der Waals surface area contributed by atoms with Crippen molar-refractivity contribution >= 4 is 40.7 Å². The Labute approximate surface area is 171 Å². The summed E-state index contributed by atoms with van der Waals surface area (Å²) in [6.45, 7) is 9.77. The van der Waals surface area contributed by atoms with Gasteiger partial charge in [-0.1, -0.05) is 23.2 Å². The molecule has 1 heterocycles. The number of hydrogen-bond donors (Lipinski definition) is 2. The second kappa shape index (κ2) is 9.73. The van der Waals surface area contributed by atoms with E-state index >= 15 is 0 Å². The van der Waals surface area contributed by atoms with Crippen LogP contribution < -0.4 is 10.6 Å². The molecule has 27 heavy (non-hydrogen) atoms. The second-order valence-corrected chi connectivity index (χ2v) is 8.78. The van der Waals surface area contributed by atoms with Gasteiger partial charge in [-0.3, -0.25) is 19.4 Å². The zero-order valence-electron chi connectivity index (χ0n) is 16.1. The number of anilines is 1. The van der Waals surface area contributed by atoms with E-state index in [1.807, 2.05) is 20.8 Å². The number of hydrogen-bond acceptors (Lipinski definition) is 4. The monoisotopic (exact) mass is 414 g/mol. The van der Waals surface area contributed by atoms with Crippen LogP contribution in [0, 0.1) is 0 Å². The predicted molar refractivity (Wildman–Crippen MR) is 110 cm³/mol. The maximum Gasteiger partial charge on any atom is 0.238 e. The number of halogens is 2. The van der Waals surface area contributed by atoms with E-state index in [4.69, 9.17) is 23.2 Å². The van der Waals surface area contributed by atoms with Gasteiger partial charge in [0, 0.05) is 34.4 Å². The van der Waals surface area contributed by atoms with Crippen LogP contribution in [-0.2, 0) is 9.59 Å². The molecule has 2 N–H and O–H groups in total. The normalized spacial score (nSPS) is 16.6. The summed E-state index contributed by atoms with van der Waals surface area (Å²) in [5.41, 5.74) is 0.365. The van der Waals surface area contributed by atoms with Crippen LogP contribution in [0.25, 0.3) is 0 Å². The Bertz CT molecular complexity index is 656. The highest BCUT2D eigenvalue weighted by Gasteiger charge is 2.20. The molecule has 0 aliphatic carbocycles. The van der Waals surface area contributed by atoms with Gasteiger partial charge in [-0.15, -0.1) is 0 Å². The number of benzene rings is 1. The largest absolute Gasteiger partial charge is 0.350 e. The fraction of sp³-hybridized carbons (Fsp3) is 0.579. The van der Waals surface area contributed by atoms with Gasteiger partial charge in [-0.25, -0.2) is 0 Å². The summed E-state index contributed by atoms with van der Waals surface area (Å²) in [5.74, 6) is -0.0706. The van der Waals surface area contributed by atoms with Crippen molar-refractivity contribution in [3.8, 4) is 0 Å². The number of nitrogens with one attached hydrogen (secondary N) is 2. The van der Waals surface area contributed by atoms with Gasteiger partial charge >= 0.3 is 0 Å². The summed E-state index contributed by atoms with van der Waals surface area (Å²) in [6, 6.07) is 4.96. The van der Waals surface area contributed by atoms with Crippen molar-refractivity contribution in [3.63, 3.8) is 0 Å². The number of carbonyl (C=O) groups excluding carboxylic acids is 2. The van der Waals surface area contributed by atoms with Crippen LogP contribution in [0.5, 0.6) is 0 Å². The molecular weight excluding hydrogens is 387 g/mol. The van der Waals surface area contributed by atoms with Gasteiger partial charge in [0.15, 0.2) is 0 Å². The molecule has 8 heteroatoms. The Hall–Kier alpha value is -1.34. The van der Waals surface area contributed by atoms with Crippen molar-refractivity contribution in [1.82, 2.24) is 15.1 Å². The van der Waals surface area contributed by atoms with Crippen LogP contribution in [-0.4, -0.2) is 66.4 Å². The Balaban J connectivity index is 1.80. The molecule has 2 rings (SSSR count). The molecule has 2 amide bonds. The van der Waals surface area contributed by atoms with Crippen LogP contribution >= 0.6 is 23.2 Å². The summed E-state index contributed by atoms with van der Waals surface area (Å²) < 4.78 is 0. The fourth-order valence-electron chi connectivity index (χ4n) is 3.03. The van der Waals surface area contributed by atoms with E-state index in [0.29, 0.717) is 28.8 Å². The molecule has 0 atom stereocenters. The van der Waals surface area contributed by atoms with Crippen LogP contribution in [0.15, 0.2) is 18.2 Å². The first-order valence-electron chi connectivity index (χ1n) is 9.12. The lowest BCUT2D eigenvalue weighted by Crippen LogP contribution is -2.46. The number of rotatable bonds is 5. The van der Waals surface area contributed by atoms with Crippen molar-refractivity contribution in [2.24, 2.45) is 0 Å². The SMILES string of the molecule is CC(C)(C)NC(=O)CN1CCCN(CC(=O)Nc2cc(Cl)cc(Cl)c2)CC1. The molecule has 0 radical (unpaired) electrons. The summed E-state index contributed by atoms with van der Waals surface area (Å²) in [7, 11) is 0. The summed E-state index contributed by atoms with van der Waals surface area (Å²) in [4.78, 5) is 28.7. The molecule has 150 valence electrons.